The summed E-state index contributed by atoms with van der Waals surface area (Å²) in [6, 6.07) is 3.62. The molecule has 194 valence electrons. The summed E-state index contributed by atoms with van der Waals surface area (Å²) in [4.78, 5) is 17.0. The van der Waals surface area contributed by atoms with Crippen molar-refractivity contribution >= 4 is 15.9 Å². The highest BCUT2D eigenvalue weighted by Crippen LogP contribution is 2.50. The zero-order chi connectivity index (χ0) is 25.8. The largest absolute Gasteiger partial charge is 0.497 e. The molecule has 1 unspecified atom stereocenters. The lowest BCUT2D eigenvalue weighted by atomic mass is 9.57. The molecular weight excluding hydrogens is 454 g/mol. The summed E-state index contributed by atoms with van der Waals surface area (Å²) in [6.07, 6.45) is 2.13. The van der Waals surface area contributed by atoms with Crippen molar-refractivity contribution in [3.8, 4) is 5.75 Å². The quantitative estimate of drug-likeness (QED) is 0.413. The van der Waals surface area contributed by atoms with Gasteiger partial charge < -0.3 is 19.3 Å². The Bertz CT molecular complexity index is 938. The number of benzene rings is 1. The Morgan fingerprint density at radius 1 is 1.09 bits per heavy atom. The molecule has 1 aliphatic carbocycles. The van der Waals surface area contributed by atoms with Gasteiger partial charge in [0.15, 0.2) is 0 Å². The Balaban J connectivity index is 1.86. The highest BCUT2D eigenvalue weighted by atomic mass is 32.2. The minimum Gasteiger partial charge on any atom is -0.497 e. The number of sulfonamides is 1. The first kappa shape index (κ1) is 28.6. The molecule has 0 bridgehead atoms. The molecule has 0 radical (unpaired) electrons. The molecule has 34 heavy (non-hydrogen) atoms. The van der Waals surface area contributed by atoms with Gasteiger partial charge >= 0.3 is 0 Å². The van der Waals surface area contributed by atoms with Gasteiger partial charge in [-0.25, -0.2) is 8.42 Å². The van der Waals surface area contributed by atoms with E-state index in [0.29, 0.717) is 22.8 Å². The number of carbonyl (C=O) groups excluding carboxylic acids is 1. The summed E-state index contributed by atoms with van der Waals surface area (Å²) in [5.74, 6) is 1.15. The molecule has 1 aromatic rings. The van der Waals surface area contributed by atoms with Gasteiger partial charge in [0.1, 0.15) is 12.4 Å². The second kappa shape index (κ2) is 11.4. The molecule has 0 heterocycles. The molecule has 9 heteroatoms. The maximum absolute atomic E-state index is 13.1. The van der Waals surface area contributed by atoms with Crippen molar-refractivity contribution in [3.05, 3.63) is 23.3 Å². The lowest BCUT2D eigenvalue weighted by Crippen LogP contribution is -2.59. The van der Waals surface area contributed by atoms with Crippen molar-refractivity contribution in [2.75, 3.05) is 61.6 Å². The number of nitrogens with zero attached hydrogens (tertiary/aromatic N) is 3. The molecule has 8 nitrogen and oxygen atoms in total. The minimum atomic E-state index is -3.68. The summed E-state index contributed by atoms with van der Waals surface area (Å²) in [6.45, 7) is 9.27. The van der Waals surface area contributed by atoms with Gasteiger partial charge in [0.2, 0.25) is 15.9 Å². The lowest BCUT2D eigenvalue weighted by molar-refractivity contribution is -0.148. The zero-order valence-electron chi connectivity index (χ0n) is 22.3. The molecule has 0 saturated heterocycles. The van der Waals surface area contributed by atoms with E-state index in [2.05, 4.69) is 32.8 Å². The maximum atomic E-state index is 13.1. The fraction of sp³-hybridized carbons (Fsp3) is 0.720. The topological polar surface area (TPSA) is 79.4 Å². The molecule has 1 aliphatic rings. The van der Waals surface area contributed by atoms with Gasteiger partial charge in [-0.3, -0.25) is 4.79 Å². The normalized spacial score (nSPS) is 19.9. The number of amides is 1. The number of aryl methyl sites for hydroxylation is 2. The third kappa shape index (κ3) is 6.30. The first-order valence-electron chi connectivity index (χ1n) is 11.8. The molecule has 2 rings (SSSR count). The SMILES string of the molecule is COc1cc(C)c(S(=O)(=O)N(C)CCOCC(=O)N(C)[C@H]2CC(CCN(C)C)C2(C)C)c(C)c1. The number of likely N-dealkylation sites (N-methyl/N-ethyl adjacent to an activating group) is 2. The second-order valence-corrected chi connectivity index (χ2v) is 12.3. The fourth-order valence-corrected chi connectivity index (χ4v) is 6.45. The van der Waals surface area contributed by atoms with Gasteiger partial charge in [0.25, 0.3) is 0 Å². The van der Waals surface area contributed by atoms with Crippen LogP contribution < -0.4 is 4.74 Å². The van der Waals surface area contributed by atoms with Crippen molar-refractivity contribution in [2.24, 2.45) is 11.3 Å². The van der Waals surface area contributed by atoms with Crippen LogP contribution in [0.5, 0.6) is 5.75 Å². The van der Waals surface area contributed by atoms with Crippen LogP contribution in [0.15, 0.2) is 17.0 Å². The predicted octanol–water partition coefficient (Wildman–Crippen LogP) is 2.77. The van der Waals surface area contributed by atoms with Crippen LogP contribution in [-0.2, 0) is 19.6 Å². The van der Waals surface area contributed by atoms with E-state index in [4.69, 9.17) is 9.47 Å². The number of carbonyl (C=O) groups is 1. The van der Waals surface area contributed by atoms with E-state index in [9.17, 15) is 13.2 Å². The zero-order valence-corrected chi connectivity index (χ0v) is 23.2. The maximum Gasteiger partial charge on any atom is 0.248 e. The third-order valence-corrected chi connectivity index (χ3v) is 9.48. The molecule has 0 N–H and O–H groups in total. The molecular formula is C25H43N3O5S. The van der Waals surface area contributed by atoms with E-state index in [-0.39, 0.29) is 42.0 Å². The number of ether oxygens (including phenoxy) is 2. The van der Waals surface area contributed by atoms with E-state index < -0.39 is 10.0 Å². The van der Waals surface area contributed by atoms with Crippen LogP contribution >= 0.6 is 0 Å². The Morgan fingerprint density at radius 2 is 1.68 bits per heavy atom. The molecule has 2 atom stereocenters. The van der Waals surface area contributed by atoms with Gasteiger partial charge in [0.05, 0.1) is 18.6 Å². The molecule has 1 aromatic carbocycles. The summed E-state index contributed by atoms with van der Waals surface area (Å²) in [7, 11) is 5.40. The van der Waals surface area contributed by atoms with Crippen molar-refractivity contribution in [1.82, 2.24) is 14.1 Å². The molecule has 1 saturated carbocycles. The first-order chi connectivity index (χ1) is 15.7. The summed E-state index contributed by atoms with van der Waals surface area (Å²) in [5, 5.41) is 0. The van der Waals surface area contributed by atoms with Crippen LogP contribution in [0.4, 0.5) is 0 Å². The summed E-state index contributed by atoms with van der Waals surface area (Å²) < 4.78 is 38.3. The minimum absolute atomic E-state index is 0.0556. The molecule has 1 fully saturated rings. The van der Waals surface area contributed by atoms with Crippen LogP contribution in [0, 0.1) is 25.2 Å². The van der Waals surface area contributed by atoms with Gasteiger partial charge in [0, 0.05) is 26.7 Å². The monoisotopic (exact) mass is 497 g/mol. The molecule has 0 spiro atoms. The van der Waals surface area contributed by atoms with E-state index in [1.807, 2.05) is 7.05 Å². The smallest absolute Gasteiger partial charge is 0.248 e. The van der Waals surface area contributed by atoms with E-state index >= 15 is 0 Å². The highest BCUT2D eigenvalue weighted by Gasteiger charge is 2.50. The number of hydrogen-bond donors (Lipinski definition) is 0. The first-order valence-corrected chi connectivity index (χ1v) is 13.3. The van der Waals surface area contributed by atoms with E-state index in [1.165, 1.54) is 11.4 Å². The van der Waals surface area contributed by atoms with Crippen molar-refractivity contribution < 1.29 is 22.7 Å². The average molecular weight is 498 g/mol. The van der Waals surface area contributed by atoms with Crippen molar-refractivity contribution in [1.29, 1.82) is 0 Å². The van der Waals surface area contributed by atoms with Crippen LogP contribution in [0.3, 0.4) is 0 Å². The molecule has 1 amide bonds. The fourth-order valence-electron chi connectivity index (χ4n) is 4.89. The third-order valence-electron chi connectivity index (χ3n) is 7.32. The number of rotatable bonds is 12. The lowest BCUT2D eigenvalue weighted by Gasteiger charge is -2.56. The van der Waals surface area contributed by atoms with Gasteiger partial charge in [-0.15, -0.1) is 0 Å². The van der Waals surface area contributed by atoms with Gasteiger partial charge in [-0.05, 0) is 81.9 Å². The average Bonchev–Trinajstić information content (AvgIpc) is 2.74. The van der Waals surface area contributed by atoms with Crippen molar-refractivity contribution in [3.63, 3.8) is 0 Å². The van der Waals surface area contributed by atoms with Gasteiger partial charge in [-0.1, -0.05) is 13.8 Å². The van der Waals surface area contributed by atoms with E-state index in [0.717, 1.165) is 19.4 Å². The van der Waals surface area contributed by atoms with Crippen LogP contribution in [-0.4, -0.2) is 96.1 Å². The van der Waals surface area contributed by atoms with Crippen LogP contribution in [0.25, 0.3) is 0 Å². The molecule has 0 aromatic heterocycles. The van der Waals surface area contributed by atoms with E-state index in [1.54, 1.807) is 38.0 Å². The highest BCUT2D eigenvalue weighted by molar-refractivity contribution is 7.89. The number of methoxy groups -OCH3 is 1. The summed E-state index contributed by atoms with van der Waals surface area (Å²) in [5.41, 5.74) is 1.34. The standard InChI is InChI=1S/C25H43N3O5S/c1-18-14-21(32-9)15-19(2)24(18)34(30,31)27(7)12-13-33-17-23(29)28(8)22-16-20(25(22,3)4)10-11-26(5)6/h14-15,20,22H,10-13,16-17H2,1-9H3/t20?,22-/m0/s1. The van der Waals surface area contributed by atoms with Crippen LogP contribution in [0.2, 0.25) is 0 Å². The summed E-state index contributed by atoms with van der Waals surface area (Å²) >= 11 is 0. The Kier molecular flexibility index (Phi) is 9.55. The Labute approximate surface area is 206 Å². The van der Waals surface area contributed by atoms with Crippen molar-refractivity contribution in [2.45, 2.75) is 51.5 Å². The Hall–Kier alpha value is -1.68. The van der Waals surface area contributed by atoms with Crippen LogP contribution in [0.1, 0.15) is 37.8 Å². The number of hydrogen-bond acceptors (Lipinski definition) is 6. The molecule has 0 aliphatic heterocycles. The second-order valence-electron chi connectivity index (χ2n) is 10.3. The Morgan fingerprint density at radius 3 is 2.18 bits per heavy atom. The predicted molar refractivity (Wildman–Crippen MR) is 135 cm³/mol. The van der Waals surface area contributed by atoms with Gasteiger partial charge in [-0.2, -0.15) is 4.31 Å².